The first-order chi connectivity index (χ1) is 13.0. The third-order valence-corrected chi connectivity index (χ3v) is 5.89. The standard InChI is InChI=1S/C21H22N2O3S/c1-13(2)14-7-9-15(10-8-14)21(25)26-12-19(24)23-20-17(11-22)16-5-3-4-6-18(16)27-20/h7-10,13H,3-6,12H2,1-2H3,(H,23,24). The fourth-order valence-corrected chi connectivity index (χ4v) is 4.41. The number of fused-ring (bicyclic) bond motifs is 1. The highest BCUT2D eigenvalue weighted by atomic mass is 32.1. The Bertz CT molecular complexity index is 891. The number of esters is 1. The second-order valence-electron chi connectivity index (χ2n) is 6.93. The lowest BCUT2D eigenvalue weighted by Crippen LogP contribution is -2.21. The monoisotopic (exact) mass is 382 g/mol. The number of aryl methyl sites for hydroxylation is 1. The van der Waals surface area contributed by atoms with E-state index in [9.17, 15) is 14.9 Å². The molecule has 1 aliphatic carbocycles. The Balaban J connectivity index is 1.59. The number of nitrogens with zero attached hydrogens (tertiary/aromatic N) is 1. The van der Waals surface area contributed by atoms with Gasteiger partial charge in [-0.15, -0.1) is 11.3 Å². The molecule has 6 heteroatoms. The lowest BCUT2D eigenvalue weighted by molar-refractivity contribution is -0.119. The van der Waals surface area contributed by atoms with Crippen LogP contribution in [-0.2, 0) is 22.4 Å². The van der Waals surface area contributed by atoms with Gasteiger partial charge in [0, 0.05) is 4.88 Å². The summed E-state index contributed by atoms with van der Waals surface area (Å²) in [4.78, 5) is 25.5. The number of nitrogens with one attached hydrogen (secondary N) is 1. The van der Waals surface area contributed by atoms with Crippen molar-refractivity contribution in [3.05, 3.63) is 51.4 Å². The van der Waals surface area contributed by atoms with Gasteiger partial charge in [0.05, 0.1) is 11.1 Å². The van der Waals surface area contributed by atoms with Gasteiger partial charge in [0.15, 0.2) is 6.61 Å². The van der Waals surface area contributed by atoms with Gasteiger partial charge in [-0.1, -0.05) is 26.0 Å². The van der Waals surface area contributed by atoms with E-state index in [0.717, 1.165) is 36.8 Å². The molecule has 5 nitrogen and oxygen atoms in total. The largest absolute Gasteiger partial charge is 0.452 e. The minimum absolute atomic E-state index is 0.377. The number of rotatable bonds is 5. The van der Waals surface area contributed by atoms with Gasteiger partial charge >= 0.3 is 5.97 Å². The molecule has 0 radical (unpaired) electrons. The van der Waals surface area contributed by atoms with E-state index in [1.165, 1.54) is 16.2 Å². The van der Waals surface area contributed by atoms with Crippen LogP contribution in [0.1, 0.15) is 64.5 Å². The summed E-state index contributed by atoms with van der Waals surface area (Å²) in [6.07, 6.45) is 4.01. The Hall–Kier alpha value is -2.65. The Kier molecular flexibility index (Phi) is 5.92. The van der Waals surface area contributed by atoms with Crippen molar-refractivity contribution in [3.63, 3.8) is 0 Å². The zero-order valence-electron chi connectivity index (χ0n) is 15.5. The molecule has 0 aliphatic heterocycles. The summed E-state index contributed by atoms with van der Waals surface area (Å²) in [7, 11) is 0. The van der Waals surface area contributed by atoms with E-state index in [4.69, 9.17) is 4.74 Å². The maximum Gasteiger partial charge on any atom is 0.338 e. The van der Waals surface area contributed by atoms with Gasteiger partial charge in [0.1, 0.15) is 11.1 Å². The van der Waals surface area contributed by atoms with E-state index >= 15 is 0 Å². The molecule has 0 saturated heterocycles. The highest BCUT2D eigenvalue weighted by Gasteiger charge is 2.22. The van der Waals surface area contributed by atoms with Crippen molar-refractivity contribution in [2.75, 3.05) is 11.9 Å². The van der Waals surface area contributed by atoms with Gasteiger partial charge < -0.3 is 10.1 Å². The first kappa shape index (κ1) is 19.1. The molecule has 1 aromatic carbocycles. The van der Waals surface area contributed by atoms with Gasteiger partial charge in [-0.25, -0.2) is 4.79 Å². The summed E-state index contributed by atoms with van der Waals surface area (Å²) in [5, 5.41) is 12.7. The number of amides is 1. The van der Waals surface area contributed by atoms with Crippen LogP contribution < -0.4 is 5.32 Å². The number of carbonyl (C=O) groups excluding carboxylic acids is 2. The number of hydrogen-bond acceptors (Lipinski definition) is 5. The SMILES string of the molecule is CC(C)c1ccc(C(=O)OCC(=O)Nc2sc3c(c2C#N)CCCC3)cc1. The van der Waals surface area contributed by atoms with Gasteiger partial charge in [-0.3, -0.25) is 4.79 Å². The van der Waals surface area contributed by atoms with Crippen LogP contribution in [0.15, 0.2) is 24.3 Å². The lowest BCUT2D eigenvalue weighted by Gasteiger charge is -2.09. The quantitative estimate of drug-likeness (QED) is 0.777. The van der Waals surface area contributed by atoms with Gasteiger partial charge in [0.25, 0.3) is 5.91 Å². The molecule has 1 N–H and O–H groups in total. The van der Waals surface area contributed by atoms with Gasteiger partial charge in [-0.2, -0.15) is 5.26 Å². The molecule has 0 spiro atoms. The van der Waals surface area contributed by atoms with Crippen LogP contribution in [-0.4, -0.2) is 18.5 Å². The summed E-state index contributed by atoms with van der Waals surface area (Å²) in [5.41, 5.74) is 3.16. The van der Waals surface area contributed by atoms with E-state index in [2.05, 4.69) is 25.2 Å². The topological polar surface area (TPSA) is 79.2 Å². The van der Waals surface area contributed by atoms with Crippen LogP contribution in [0, 0.1) is 11.3 Å². The van der Waals surface area contributed by atoms with E-state index in [-0.39, 0.29) is 6.61 Å². The smallest absolute Gasteiger partial charge is 0.338 e. The maximum absolute atomic E-state index is 12.2. The van der Waals surface area contributed by atoms with Crippen molar-refractivity contribution >= 4 is 28.2 Å². The predicted molar refractivity (Wildman–Crippen MR) is 105 cm³/mol. The third-order valence-electron chi connectivity index (χ3n) is 4.68. The molecule has 140 valence electrons. The first-order valence-electron chi connectivity index (χ1n) is 9.11. The molecule has 1 aromatic heterocycles. The third kappa shape index (κ3) is 4.37. The summed E-state index contributed by atoms with van der Waals surface area (Å²) in [6, 6.07) is 9.38. The van der Waals surface area contributed by atoms with Crippen molar-refractivity contribution in [2.45, 2.75) is 45.4 Å². The summed E-state index contributed by atoms with van der Waals surface area (Å²) in [6.45, 7) is 3.78. The predicted octanol–water partition coefficient (Wildman–Crippen LogP) is 4.42. The van der Waals surface area contributed by atoms with Crippen LogP contribution >= 0.6 is 11.3 Å². The number of nitriles is 1. The first-order valence-corrected chi connectivity index (χ1v) is 9.92. The number of hydrogen-bond donors (Lipinski definition) is 1. The van der Waals surface area contributed by atoms with Crippen molar-refractivity contribution in [1.82, 2.24) is 0 Å². The molecular weight excluding hydrogens is 360 g/mol. The zero-order valence-corrected chi connectivity index (χ0v) is 16.3. The van der Waals surface area contributed by atoms with Crippen LogP contribution in [0.5, 0.6) is 0 Å². The normalized spacial score (nSPS) is 13.0. The molecular formula is C21H22N2O3S. The second-order valence-corrected chi connectivity index (χ2v) is 8.03. The van der Waals surface area contributed by atoms with E-state index in [1.807, 2.05) is 12.1 Å². The molecule has 1 amide bonds. The average molecular weight is 382 g/mol. The van der Waals surface area contributed by atoms with Crippen LogP contribution in [0.4, 0.5) is 5.00 Å². The second kappa shape index (κ2) is 8.36. The molecule has 0 unspecified atom stereocenters. The van der Waals surface area contributed by atoms with Crippen LogP contribution in [0.3, 0.4) is 0 Å². The summed E-state index contributed by atoms with van der Waals surface area (Å²) >= 11 is 1.45. The van der Waals surface area contributed by atoms with Crippen LogP contribution in [0.2, 0.25) is 0 Å². The van der Waals surface area contributed by atoms with Crippen molar-refractivity contribution in [1.29, 1.82) is 5.26 Å². The average Bonchev–Trinajstić information content (AvgIpc) is 3.03. The number of ether oxygens (including phenoxy) is 1. The minimum Gasteiger partial charge on any atom is -0.452 e. The highest BCUT2D eigenvalue weighted by Crippen LogP contribution is 2.37. The van der Waals surface area contributed by atoms with E-state index in [0.29, 0.717) is 22.0 Å². The fraction of sp³-hybridized carbons (Fsp3) is 0.381. The molecule has 3 rings (SSSR count). The molecule has 0 bridgehead atoms. The molecule has 0 fully saturated rings. The molecule has 0 saturated carbocycles. The maximum atomic E-state index is 12.2. The number of anilines is 1. The Morgan fingerprint density at radius 2 is 1.93 bits per heavy atom. The fourth-order valence-electron chi connectivity index (χ4n) is 3.15. The van der Waals surface area contributed by atoms with Gasteiger partial charge in [0.2, 0.25) is 0 Å². The van der Waals surface area contributed by atoms with Crippen LogP contribution in [0.25, 0.3) is 0 Å². The lowest BCUT2D eigenvalue weighted by atomic mass is 9.96. The Morgan fingerprint density at radius 3 is 2.59 bits per heavy atom. The number of benzene rings is 1. The molecule has 1 heterocycles. The molecule has 0 atom stereocenters. The zero-order chi connectivity index (χ0) is 19.4. The highest BCUT2D eigenvalue weighted by molar-refractivity contribution is 7.16. The molecule has 2 aromatic rings. The Morgan fingerprint density at radius 1 is 1.22 bits per heavy atom. The van der Waals surface area contributed by atoms with E-state index in [1.54, 1.807) is 12.1 Å². The van der Waals surface area contributed by atoms with E-state index < -0.39 is 11.9 Å². The molecule has 1 aliphatic rings. The van der Waals surface area contributed by atoms with Crippen molar-refractivity contribution in [3.8, 4) is 6.07 Å². The Labute approximate surface area is 163 Å². The number of thiophene rings is 1. The van der Waals surface area contributed by atoms with Gasteiger partial charge in [-0.05, 0) is 54.9 Å². The van der Waals surface area contributed by atoms with Crippen molar-refractivity contribution in [2.24, 2.45) is 0 Å². The minimum atomic E-state index is -0.536. The van der Waals surface area contributed by atoms with Crippen molar-refractivity contribution < 1.29 is 14.3 Å². The molecule has 27 heavy (non-hydrogen) atoms. The summed E-state index contributed by atoms with van der Waals surface area (Å²) < 4.78 is 5.11. The summed E-state index contributed by atoms with van der Waals surface area (Å²) in [5.74, 6) is -0.588. The number of carbonyl (C=O) groups is 2.